The molecule has 0 saturated carbocycles. The summed E-state index contributed by atoms with van der Waals surface area (Å²) in [5, 5.41) is 9.13. The van der Waals surface area contributed by atoms with Gasteiger partial charge in [-0.1, -0.05) is 31.2 Å². The molecule has 0 spiro atoms. The average molecular weight is 300 g/mol. The van der Waals surface area contributed by atoms with Crippen LogP contribution in [0, 0.1) is 0 Å². The standard InChI is InChI=1S/C14H16N6S/c1-2-5-10-8-12-18-19-14(20(12)13(15)17-10)21-9-11-6-3-4-7-16-11/h3-4,6-8H,2,5,9H2,1H3,(H2,15,17). The number of nitrogens with two attached hydrogens (primary N) is 1. The summed E-state index contributed by atoms with van der Waals surface area (Å²) in [5.74, 6) is 1.15. The Balaban J connectivity index is 1.86. The molecule has 3 aromatic heterocycles. The van der Waals surface area contributed by atoms with Crippen LogP contribution in [-0.4, -0.2) is 24.6 Å². The van der Waals surface area contributed by atoms with E-state index in [2.05, 4.69) is 27.1 Å². The molecule has 0 aliphatic carbocycles. The summed E-state index contributed by atoms with van der Waals surface area (Å²) in [6.07, 6.45) is 3.70. The van der Waals surface area contributed by atoms with E-state index >= 15 is 0 Å². The van der Waals surface area contributed by atoms with Crippen molar-refractivity contribution in [3.05, 3.63) is 41.9 Å². The summed E-state index contributed by atoms with van der Waals surface area (Å²) >= 11 is 1.55. The van der Waals surface area contributed by atoms with Crippen LogP contribution in [0.4, 0.5) is 5.95 Å². The van der Waals surface area contributed by atoms with Gasteiger partial charge in [-0.3, -0.25) is 4.98 Å². The summed E-state index contributed by atoms with van der Waals surface area (Å²) in [6.45, 7) is 2.11. The Hall–Kier alpha value is -2.15. The number of pyridine rings is 1. The highest BCUT2D eigenvalue weighted by atomic mass is 32.2. The Morgan fingerprint density at radius 1 is 1.24 bits per heavy atom. The maximum Gasteiger partial charge on any atom is 0.208 e. The fourth-order valence-corrected chi connectivity index (χ4v) is 2.93. The topological polar surface area (TPSA) is 82.0 Å². The van der Waals surface area contributed by atoms with E-state index in [1.54, 1.807) is 22.4 Å². The second kappa shape index (κ2) is 6.09. The van der Waals surface area contributed by atoms with Gasteiger partial charge in [0.05, 0.1) is 5.69 Å². The lowest BCUT2D eigenvalue weighted by Crippen LogP contribution is -2.04. The summed E-state index contributed by atoms with van der Waals surface area (Å²) in [4.78, 5) is 8.70. The Morgan fingerprint density at radius 3 is 2.90 bits per heavy atom. The number of nitrogens with zero attached hydrogens (tertiary/aromatic N) is 5. The summed E-state index contributed by atoms with van der Waals surface area (Å²) in [5.41, 5.74) is 8.74. The number of anilines is 1. The summed E-state index contributed by atoms with van der Waals surface area (Å²) < 4.78 is 1.78. The van der Waals surface area contributed by atoms with Crippen LogP contribution in [0.15, 0.2) is 35.6 Å². The molecular weight excluding hydrogens is 284 g/mol. The Labute approximate surface area is 126 Å². The number of nitrogen functional groups attached to an aromatic ring is 1. The molecule has 3 heterocycles. The van der Waals surface area contributed by atoms with Crippen molar-refractivity contribution in [2.75, 3.05) is 5.73 Å². The number of thioether (sulfide) groups is 1. The predicted octanol–water partition coefficient (Wildman–Crippen LogP) is 2.35. The van der Waals surface area contributed by atoms with Crippen molar-refractivity contribution in [2.45, 2.75) is 30.7 Å². The third-order valence-corrected chi connectivity index (χ3v) is 3.99. The van der Waals surface area contributed by atoms with Gasteiger partial charge < -0.3 is 5.73 Å². The van der Waals surface area contributed by atoms with E-state index in [0.717, 1.165) is 40.8 Å². The second-order valence-corrected chi connectivity index (χ2v) is 5.58. The van der Waals surface area contributed by atoms with Crippen LogP contribution in [-0.2, 0) is 12.2 Å². The fourth-order valence-electron chi connectivity index (χ4n) is 2.07. The smallest absolute Gasteiger partial charge is 0.208 e. The zero-order valence-electron chi connectivity index (χ0n) is 11.7. The van der Waals surface area contributed by atoms with Gasteiger partial charge in [-0.05, 0) is 18.6 Å². The first-order valence-electron chi connectivity index (χ1n) is 6.81. The highest BCUT2D eigenvalue weighted by Crippen LogP contribution is 2.23. The van der Waals surface area contributed by atoms with Crippen LogP contribution >= 0.6 is 11.8 Å². The molecule has 0 radical (unpaired) electrons. The molecule has 3 rings (SSSR count). The van der Waals surface area contributed by atoms with Gasteiger partial charge in [0.15, 0.2) is 10.8 Å². The number of aromatic nitrogens is 5. The highest BCUT2D eigenvalue weighted by molar-refractivity contribution is 7.98. The zero-order valence-corrected chi connectivity index (χ0v) is 12.5. The van der Waals surface area contributed by atoms with E-state index in [4.69, 9.17) is 5.73 Å². The van der Waals surface area contributed by atoms with Gasteiger partial charge in [-0.2, -0.15) is 0 Å². The van der Waals surface area contributed by atoms with Gasteiger partial charge in [-0.15, -0.1) is 10.2 Å². The minimum atomic E-state index is 0.435. The number of aryl methyl sites for hydroxylation is 1. The minimum absolute atomic E-state index is 0.435. The number of rotatable bonds is 5. The molecule has 0 aromatic carbocycles. The van der Waals surface area contributed by atoms with Crippen molar-refractivity contribution in [1.82, 2.24) is 24.6 Å². The van der Waals surface area contributed by atoms with Gasteiger partial charge in [0.1, 0.15) is 0 Å². The van der Waals surface area contributed by atoms with Gasteiger partial charge >= 0.3 is 0 Å². The highest BCUT2D eigenvalue weighted by Gasteiger charge is 2.11. The lowest BCUT2D eigenvalue weighted by molar-refractivity contribution is 0.858. The Kier molecular flexibility index (Phi) is 4.01. The normalized spacial score (nSPS) is 11.1. The molecule has 108 valence electrons. The molecular formula is C14H16N6S. The van der Waals surface area contributed by atoms with Gasteiger partial charge in [0.25, 0.3) is 0 Å². The van der Waals surface area contributed by atoms with Gasteiger partial charge in [-0.25, -0.2) is 9.38 Å². The van der Waals surface area contributed by atoms with Crippen LogP contribution in [0.25, 0.3) is 5.65 Å². The average Bonchev–Trinajstić information content (AvgIpc) is 2.90. The third-order valence-electron chi connectivity index (χ3n) is 3.02. The summed E-state index contributed by atoms with van der Waals surface area (Å²) in [6, 6.07) is 7.80. The van der Waals surface area contributed by atoms with Crippen LogP contribution in [0.5, 0.6) is 0 Å². The quantitative estimate of drug-likeness (QED) is 0.728. The second-order valence-electron chi connectivity index (χ2n) is 4.64. The van der Waals surface area contributed by atoms with Crippen LogP contribution < -0.4 is 5.73 Å². The fraction of sp³-hybridized carbons (Fsp3) is 0.286. The zero-order chi connectivity index (χ0) is 14.7. The molecule has 7 heteroatoms. The Morgan fingerprint density at radius 2 is 2.14 bits per heavy atom. The van der Waals surface area contributed by atoms with Crippen molar-refractivity contribution in [3.8, 4) is 0 Å². The molecule has 0 amide bonds. The molecule has 0 saturated heterocycles. The molecule has 6 nitrogen and oxygen atoms in total. The maximum atomic E-state index is 6.04. The Bertz CT molecular complexity index is 740. The molecule has 2 N–H and O–H groups in total. The number of hydrogen-bond acceptors (Lipinski definition) is 6. The van der Waals surface area contributed by atoms with Crippen molar-refractivity contribution in [1.29, 1.82) is 0 Å². The summed E-state index contributed by atoms with van der Waals surface area (Å²) in [7, 11) is 0. The molecule has 0 aliphatic rings. The molecule has 21 heavy (non-hydrogen) atoms. The lowest BCUT2D eigenvalue weighted by Gasteiger charge is -2.05. The first-order valence-corrected chi connectivity index (χ1v) is 7.79. The molecule has 0 aliphatic heterocycles. The first-order chi connectivity index (χ1) is 10.3. The largest absolute Gasteiger partial charge is 0.369 e. The molecule has 0 atom stereocenters. The monoisotopic (exact) mass is 300 g/mol. The van der Waals surface area contributed by atoms with E-state index in [9.17, 15) is 0 Å². The van der Waals surface area contributed by atoms with Crippen molar-refractivity contribution < 1.29 is 0 Å². The van der Waals surface area contributed by atoms with Crippen molar-refractivity contribution in [2.24, 2.45) is 0 Å². The SMILES string of the molecule is CCCc1cc2nnc(SCc3ccccn3)n2c(N)n1. The molecule has 0 unspecified atom stereocenters. The van der Waals surface area contributed by atoms with Crippen LogP contribution in [0.1, 0.15) is 24.7 Å². The first kappa shape index (κ1) is 13.8. The maximum absolute atomic E-state index is 6.04. The van der Waals surface area contributed by atoms with E-state index in [1.165, 1.54) is 0 Å². The predicted molar refractivity (Wildman–Crippen MR) is 83.0 cm³/mol. The van der Waals surface area contributed by atoms with E-state index in [0.29, 0.717) is 5.95 Å². The third kappa shape index (κ3) is 2.97. The van der Waals surface area contributed by atoms with Crippen molar-refractivity contribution in [3.63, 3.8) is 0 Å². The molecule has 3 aromatic rings. The van der Waals surface area contributed by atoms with Crippen molar-refractivity contribution >= 4 is 23.4 Å². The number of hydrogen-bond donors (Lipinski definition) is 1. The van der Waals surface area contributed by atoms with Crippen LogP contribution in [0.2, 0.25) is 0 Å². The van der Waals surface area contributed by atoms with Crippen LogP contribution in [0.3, 0.4) is 0 Å². The van der Waals surface area contributed by atoms with Gasteiger partial charge in [0.2, 0.25) is 5.95 Å². The molecule has 0 fully saturated rings. The van der Waals surface area contributed by atoms with E-state index in [-0.39, 0.29) is 0 Å². The van der Waals surface area contributed by atoms with E-state index < -0.39 is 0 Å². The van der Waals surface area contributed by atoms with Gasteiger partial charge in [0, 0.05) is 23.7 Å². The number of fused-ring (bicyclic) bond motifs is 1. The molecule has 0 bridgehead atoms. The minimum Gasteiger partial charge on any atom is -0.369 e. The lowest BCUT2D eigenvalue weighted by atomic mass is 10.2. The van der Waals surface area contributed by atoms with E-state index in [1.807, 2.05) is 24.3 Å².